The number of nitrogens with zero attached hydrogens (tertiary/aromatic N) is 2. The predicted molar refractivity (Wildman–Crippen MR) is 550 cm³/mol. The number of fused-ring (bicyclic) bond motifs is 20. The Kier molecular flexibility index (Phi) is 59.2. The van der Waals surface area contributed by atoms with E-state index in [9.17, 15) is 0 Å². The summed E-state index contributed by atoms with van der Waals surface area (Å²) >= 11 is 0. The molecule has 762 valence electrons. The van der Waals surface area contributed by atoms with E-state index < -0.39 is 0 Å². The molecular weight excluding hydrogens is 1720 g/mol. The summed E-state index contributed by atoms with van der Waals surface area (Å²) < 4.78 is 124. The van der Waals surface area contributed by atoms with Gasteiger partial charge in [-0.1, -0.05) is 259 Å². The Morgan fingerprint density at radius 3 is 0.507 bits per heavy atom. The predicted octanol–water partition coefficient (Wildman–Crippen LogP) is 26.7. The van der Waals surface area contributed by atoms with Crippen molar-refractivity contribution < 1.29 is 94.7 Å². The molecule has 2 aliphatic heterocycles. The monoisotopic (exact) mass is 1900 g/mol. The van der Waals surface area contributed by atoms with Crippen LogP contribution in [-0.2, 0) is 56.8 Å². The topological polar surface area (TPSA) is 242 Å². The first-order valence-corrected chi connectivity index (χ1v) is 53.0. The van der Waals surface area contributed by atoms with Crippen molar-refractivity contribution in [3.63, 3.8) is 0 Å². The number of hydrogen-bond acceptors (Lipinski definition) is 22. The smallest absolute Gasteiger partial charge is 0.162 e. The minimum atomic E-state index is 0.215. The molecule has 0 saturated heterocycles. The van der Waals surface area contributed by atoms with Crippen molar-refractivity contribution >= 4 is 43.6 Å². The number of ether oxygens (including phenoxy) is 20. The number of benzene rings is 4. The van der Waals surface area contributed by atoms with Gasteiger partial charge >= 0.3 is 0 Å². The van der Waals surface area contributed by atoms with E-state index >= 15 is 0 Å². The van der Waals surface area contributed by atoms with Gasteiger partial charge in [-0.15, -0.1) is 0 Å². The van der Waals surface area contributed by atoms with Gasteiger partial charge in [-0.05, 0) is 98.5 Å². The van der Waals surface area contributed by atoms with Gasteiger partial charge < -0.3 is 105 Å². The average Bonchev–Trinajstić information content (AvgIpc) is 1.59. The molecule has 2 aliphatic rings. The van der Waals surface area contributed by atoms with Gasteiger partial charge in [-0.2, -0.15) is 0 Å². The highest BCUT2D eigenvalue weighted by Crippen LogP contribution is 2.49. The summed E-state index contributed by atoms with van der Waals surface area (Å²) in [6.07, 6.45) is 49.0. The van der Waals surface area contributed by atoms with E-state index in [1.54, 1.807) is 28.4 Å². The van der Waals surface area contributed by atoms with Crippen molar-refractivity contribution in [3.05, 3.63) is 72.8 Å². The Labute approximate surface area is 815 Å². The number of nitrogens with one attached hydrogen (secondary N) is 2. The van der Waals surface area contributed by atoms with E-state index in [-0.39, 0.29) is 26.4 Å². The summed E-state index contributed by atoms with van der Waals surface area (Å²) in [5.74, 6) is 4.87. The summed E-state index contributed by atoms with van der Waals surface area (Å²) in [4.78, 5) is 19.6. The zero-order valence-corrected chi connectivity index (χ0v) is 85.1. The number of unbranched alkanes of at least 4 members (excludes halogenated alkanes) is 36. The second kappa shape index (κ2) is 71.8. The lowest BCUT2D eigenvalue weighted by atomic mass is 10.0. The summed E-state index contributed by atoms with van der Waals surface area (Å²) in [6.45, 7) is 20.5. The Morgan fingerprint density at radius 2 is 0.324 bits per heavy atom. The van der Waals surface area contributed by atoms with Crippen molar-refractivity contribution in [1.82, 2.24) is 19.9 Å². The summed E-state index contributed by atoms with van der Waals surface area (Å²) in [5.41, 5.74) is 9.41. The maximum absolute atomic E-state index is 7.08. The summed E-state index contributed by atoms with van der Waals surface area (Å²) in [6, 6.07) is 25.6. The van der Waals surface area contributed by atoms with Gasteiger partial charge in [0.15, 0.2) is 46.0 Å². The molecule has 0 saturated carbocycles. The van der Waals surface area contributed by atoms with Crippen LogP contribution in [0.2, 0.25) is 0 Å². The first-order valence-electron chi connectivity index (χ1n) is 53.0. The van der Waals surface area contributed by atoms with Gasteiger partial charge in [0.2, 0.25) is 0 Å². The van der Waals surface area contributed by atoms with E-state index in [1.165, 1.54) is 205 Å². The third-order valence-electron chi connectivity index (χ3n) is 24.9. The molecule has 0 aliphatic carbocycles. The molecule has 9 rings (SSSR count). The largest absolute Gasteiger partial charge is 0.490 e. The molecule has 0 radical (unpaired) electrons. The normalized spacial score (nSPS) is 11.8. The molecule has 2 N–H and O–H groups in total. The fourth-order valence-electron chi connectivity index (χ4n) is 17.2. The lowest BCUT2D eigenvalue weighted by molar-refractivity contribution is 0.0160. The Hall–Kier alpha value is -7.56. The number of hydrogen-bond donors (Lipinski definition) is 2. The van der Waals surface area contributed by atoms with Crippen LogP contribution in [0, 0.1) is 0 Å². The van der Waals surface area contributed by atoms with Gasteiger partial charge in [0.25, 0.3) is 0 Å². The lowest BCUT2D eigenvalue weighted by Gasteiger charge is -2.15. The van der Waals surface area contributed by atoms with E-state index in [4.69, 9.17) is 105 Å². The molecule has 7 aromatic rings. The number of rotatable bonds is 88. The molecule has 0 atom stereocenters. The Morgan fingerprint density at radius 1 is 0.169 bits per heavy atom. The molecule has 5 heterocycles. The molecule has 0 fully saturated rings. The standard InChI is InChI=1S/C112H174N4O20/c1-9-13-17-21-25-29-33-37-41-45-49-129-105-77-89-91(79-107(105)131-51-47-43-39-35-31-27-23-19-15-11-3)99-86-101-93-81-109(133-73-69-125-65-61-121-57-53-117-5)111(135-75-71-127-67-63-123-59-55-119-7)83-95(93)103(115-101)88-104-96-84-112(136-76-72-128-68-64-124-60-56-120-8)110(134-74-70-126-66-62-122-58-54-118-6)82-94(96)102(116-104)87-100-92-80-108(132-52-48-44-40-36-32-28-24-20-16-12-4)106(78-90(92)98(114-100)85-97(89)113-99)130-50-46-42-38-34-30-26-22-18-14-10-2/h77-88,113,116H,9-76H2,1-8H3. The van der Waals surface area contributed by atoms with Crippen molar-refractivity contribution in [2.24, 2.45) is 0 Å². The number of aromatic amines is 2. The van der Waals surface area contributed by atoms with Crippen molar-refractivity contribution in [2.45, 2.75) is 285 Å². The van der Waals surface area contributed by atoms with E-state index in [0.29, 0.717) is 216 Å². The second-order valence-electron chi connectivity index (χ2n) is 36.0. The lowest BCUT2D eigenvalue weighted by Crippen LogP contribution is -2.14. The van der Waals surface area contributed by atoms with Crippen LogP contribution < -0.4 is 37.9 Å². The van der Waals surface area contributed by atoms with Crippen LogP contribution in [0.3, 0.4) is 0 Å². The second-order valence-corrected chi connectivity index (χ2v) is 36.0. The Balaban J connectivity index is 1.26. The molecule has 4 aromatic carbocycles. The van der Waals surface area contributed by atoms with Crippen LogP contribution in [-0.4, -0.2) is 233 Å². The maximum Gasteiger partial charge on any atom is 0.162 e. The van der Waals surface area contributed by atoms with Crippen LogP contribution in [0.1, 0.15) is 285 Å². The van der Waals surface area contributed by atoms with Crippen LogP contribution in [0.25, 0.3) is 88.6 Å². The van der Waals surface area contributed by atoms with Gasteiger partial charge in [-0.3, -0.25) is 0 Å². The van der Waals surface area contributed by atoms with Crippen LogP contribution in [0.5, 0.6) is 46.0 Å². The highest BCUT2D eigenvalue weighted by molar-refractivity contribution is 6.12. The van der Waals surface area contributed by atoms with Crippen LogP contribution in [0.4, 0.5) is 0 Å². The third kappa shape index (κ3) is 42.5. The van der Waals surface area contributed by atoms with Crippen molar-refractivity contribution in [1.29, 1.82) is 0 Å². The zero-order chi connectivity index (χ0) is 95.4. The van der Waals surface area contributed by atoms with Crippen molar-refractivity contribution in [2.75, 3.05) is 213 Å². The fraction of sp³-hybridized carbons (Fsp3) is 0.679. The quantitative estimate of drug-likeness (QED) is 0.0337. The number of aromatic nitrogens is 4. The molecule has 8 bridgehead atoms. The Bertz CT molecular complexity index is 4120. The highest BCUT2D eigenvalue weighted by Gasteiger charge is 2.27. The number of H-pyrrole nitrogens is 2. The fourth-order valence-corrected chi connectivity index (χ4v) is 17.2. The van der Waals surface area contributed by atoms with E-state index in [1.807, 2.05) is 12.1 Å². The summed E-state index contributed by atoms with van der Waals surface area (Å²) in [5, 5.41) is 3.55. The van der Waals surface area contributed by atoms with Crippen molar-refractivity contribution in [3.8, 4) is 91.0 Å². The van der Waals surface area contributed by atoms with E-state index in [0.717, 1.165) is 129 Å². The maximum atomic E-state index is 7.08. The van der Waals surface area contributed by atoms with Gasteiger partial charge in [0.05, 0.1) is 181 Å². The van der Waals surface area contributed by atoms with Gasteiger partial charge in [0, 0.05) is 94.3 Å². The van der Waals surface area contributed by atoms with E-state index in [2.05, 4.69) is 98.3 Å². The molecule has 3 aromatic heterocycles. The highest BCUT2D eigenvalue weighted by atomic mass is 16.6. The first kappa shape index (κ1) is 112. The zero-order valence-electron chi connectivity index (χ0n) is 85.1. The average molecular weight is 1900 g/mol. The summed E-state index contributed by atoms with van der Waals surface area (Å²) in [7, 11) is 6.65. The SMILES string of the molecule is CCCCCCCCCCCCOc1cc2c(cc1OCCCCCCCCCCCC)-c1cc3[nH]c(cc4nc(cc5[nH]c(cc-2n1)c1cc(OCCCCCCCCCCCC)c(OCCCCCCCCCCCC)cc51)-c1cc(OCCOCCOCCOC)c(OCCOCCOCCOC)cc1-4)c1cc(OCCOCCOCCOC)c(OCCOCCOCCOC)cc31. The van der Waals surface area contributed by atoms with Crippen LogP contribution >= 0.6 is 0 Å². The van der Waals surface area contributed by atoms with Crippen LogP contribution in [0.15, 0.2) is 72.8 Å². The first-order chi connectivity index (χ1) is 67.3. The number of methoxy groups -OCH3 is 4. The molecule has 0 amide bonds. The molecule has 0 unspecified atom stereocenters. The molecular formula is C112H174N4O20. The minimum Gasteiger partial charge on any atom is -0.490 e. The third-order valence-corrected chi connectivity index (χ3v) is 24.9. The van der Waals surface area contributed by atoms with Gasteiger partial charge in [-0.25, -0.2) is 9.97 Å². The molecule has 24 heteroatoms. The van der Waals surface area contributed by atoms with Gasteiger partial charge in [0.1, 0.15) is 26.4 Å². The minimum absolute atomic E-state index is 0.215. The molecule has 24 nitrogen and oxygen atoms in total. The molecule has 136 heavy (non-hydrogen) atoms. The molecule has 0 spiro atoms.